The maximum absolute atomic E-state index is 13.6. The number of aryl methyl sites for hydroxylation is 1. The summed E-state index contributed by atoms with van der Waals surface area (Å²) in [5.74, 6) is 1.72. The molecule has 0 atom stereocenters. The van der Waals surface area contributed by atoms with Gasteiger partial charge in [0.05, 0.1) is 12.7 Å². The summed E-state index contributed by atoms with van der Waals surface area (Å²) >= 11 is 0. The van der Waals surface area contributed by atoms with Crippen molar-refractivity contribution in [2.75, 3.05) is 32.8 Å². The molecule has 7 heteroatoms. The molecule has 1 aliphatic carbocycles. The number of carbonyl (C=O) groups is 2. The number of piperidine rings is 1. The third-order valence-electron chi connectivity index (χ3n) is 8.71. The molecule has 0 radical (unpaired) electrons. The van der Waals surface area contributed by atoms with Crippen molar-refractivity contribution in [1.82, 2.24) is 19.8 Å². The first-order valence-electron chi connectivity index (χ1n) is 14.2. The number of likely N-dealkylation sites (tertiary alicyclic amines) is 1. The molecule has 5 rings (SSSR count). The number of ether oxygens (including phenoxy) is 1. The van der Waals surface area contributed by atoms with Crippen molar-refractivity contribution in [3.8, 4) is 5.75 Å². The minimum absolute atomic E-state index is 0.000717. The van der Waals surface area contributed by atoms with Gasteiger partial charge in [-0.05, 0) is 67.9 Å². The van der Waals surface area contributed by atoms with Crippen LogP contribution in [0.4, 0.5) is 0 Å². The molecule has 2 aromatic rings. The van der Waals surface area contributed by atoms with Crippen molar-refractivity contribution < 1.29 is 14.3 Å². The molecule has 2 aliphatic heterocycles. The van der Waals surface area contributed by atoms with E-state index in [-0.39, 0.29) is 11.3 Å². The molecular weight excluding hydrogens is 464 g/mol. The number of carbonyl (C=O) groups excluding carboxylic acids is 2. The van der Waals surface area contributed by atoms with Crippen LogP contribution in [0.5, 0.6) is 5.75 Å². The highest BCUT2D eigenvalue weighted by Gasteiger charge is 2.39. The number of para-hydroxylation sites is 1. The van der Waals surface area contributed by atoms with Crippen LogP contribution in [-0.2, 0) is 11.2 Å². The van der Waals surface area contributed by atoms with Crippen LogP contribution in [0, 0.1) is 11.3 Å². The van der Waals surface area contributed by atoms with Gasteiger partial charge in [0.1, 0.15) is 18.1 Å². The lowest BCUT2D eigenvalue weighted by Crippen LogP contribution is -2.50. The van der Waals surface area contributed by atoms with Gasteiger partial charge in [-0.3, -0.25) is 14.6 Å². The summed E-state index contributed by atoms with van der Waals surface area (Å²) in [5, 5.41) is 0. The van der Waals surface area contributed by atoms with E-state index in [0.29, 0.717) is 43.6 Å². The lowest BCUT2D eigenvalue weighted by Gasteiger charge is -2.45. The maximum atomic E-state index is 13.6. The first-order chi connectivity index (χ1) is 18.1. The van der Waals surface area contributed by atoms with E-state index in [1.807, 2.05) is 17.0 Å². The Hall–Kier alpha value is -2.96. The second-order valence-corrected chi connectivity index (χ2v) is 11.2. The van der Waals surface area contributed by atoms with Crippen LogP contribution in [0.25, 0.3) is 0 Å². The Labute approximate surface area is 220 Å². The molecule has 0 bridgehead atoms. The van der Waals surface area contributed by atoms with E-state index >= 15 is 0 Å². The van der Waals surface area contributed by atoms with Gasteiger partial charge in [-0.25, -0.2) is 4.98 Å². The van der Waals surface area contributed by atoms with Crippen molar-refractivity contribution in [1.29, 1.82) is 0 Å². The van der Waals surface area contributed by atoms with Crippen LogP contribution in [0.15, 0.2) is 42.9 Å². The largest absolute Gasteiger partial charge is 0.491 e. The summed E-state index contributed by atoms with van der Waals surface area (Å²) in [4.78, 5) is 39.0. The Bertz CT molecular complexity index is 1050. The Balaban J connectivity index is 1.32. The normalized spacial score (nSPS) is 21.0. The zero-order valence-electron chi connectivity index (χ0n) is 21.9. The molecule has 2 fully saturated rings. The third kappa shape index (κ3) is 6.49. The van der Waals surface area contributed by atoms with Gasteiger partial charge >= 0.3 is 0 Å². The smallest absolute Gasteiger partial charge is 0.274 e. The average Bonchev–Trinajstić information content (AvgIpc) is 3.44. The molecule has 7 nitrogen and oxygen atoms in total. The first kappa shape index (κ1) is 25.7. The molecule has 198 valence electrons. The summed E-state index contributed by atoms with van der Waals surface area (Å²) < 4.78 is 6.18. The van der Waals surface area contributed by atoms with E-state index in [1.54, 1.807) is 18.6 Å². The van der Waals surface area contributed by atoms with E-state index in [9.17, 15) is 9.59 Å². The fraction of sp³-hybridized carbons (Fsp3) is 0.600. The summed E-state index contributed by atoms with van der Waals surface area (Å²) in [6.45, 7) is 3.18. The van der Waals surface area contributed by atoms with Gasteiger partial charge in [-0.2, -0.15) is 0 Å². The van der Waals surface area contributed by atoms with Gasteiger partial charge < -0.3 is 14.5 Å². The van der Waals surface area contributed by atoms with Gasteiger partial charge in [-0.15, -0.1) is 0 Å². The summed E-state index contributed by atoms with van der Waals surface area (Å²) in [6.07, 6.45) is 16.5. The number of hydrogen-bond donors (Lipinski definition) is 0. The Kier molecular flexibility index (Phi) is 8.37. The predicted molar refractivity (Wildman–Crippen MR) is 142 cm³/mol. The second kappa shape index (κ2) is 12.1. The maximum Gasteiger partial charge on any atom is 0.274 e. The van der Waals surface area contributed by atoms with Crippen LogP contribution in [-0.4, -0.2) is 64.4 Å². The Morgan fingerprint density at radius 1 is 0.946 bits per heavy atom. The highest BCUT2D eigenvalue weighted by atomic mass is 16.5. The summed E-state index contributed by atoms with van der Waals surface area (Å²) in [6, 6.07) is 8.24. The molecular formula is C30H40N4O3. The zero-order valence-corrected chi connectivity index (χ0v) is 21.9. The van der Waals surface area contributed by atoms with Crippen LogP contribution in [0.3, 0.4) is 0 Å². The Morgan fingerprint density at radius 2 is 1.76 bits per heavy atom. The predicted octanol–water partition coefficient (Wildman–Crippen LogP) is 4.91. The van der Waals surface area contributed by atoms with Crippen LogP contribution in [0.1, 0.15) is 80.3 Å². The molecule has 3 aliphatic rings. The van der Waals surface area contributed by atoms with Gasteiger partial charge in [0.25, 0.3) is 5.91 Å². The summed E-state index contributed by atoms with van der Waals surface area (Å²) in [5.41, 5.74) is 1.60. The molecule has 1 saturated carbocycles. The second-order valence-electron chi connectivity index (χ2n) is 11.2. The number of nitrogens with zero attached hydrogens (tertiary/aromatic N) is 4. The fourth-order valence-corrected chi connectivity index (χ4v) is 6.47. The van der Waals surface area contributed by atoms with Crippen molar-refractivity contribution >= 4 is 11.8 Å². The number of hydrogen-bond acceptors (Lipinski definition) is 5. The van der Waals surface area contributed by atoms with Crippen molar-refractivity contribution in [3.63, 3.8) is 0 Å². The minimum Gasteiger partial charge on any atom is -0.491 e. The van der Waals surface area contributed by atoms with E-state index < -0.39 is 0 Å². The molecule has 1 aromatic heterocycles. The first-order valence-corrected chi connectivity index (χ1v) is 14.2. The van der Waals surface area contributed by atoms with E-state index in [1.165, 1.54) is 31.2 Å². The monoisotopic (exact) mass is 504 g/mol. The lowest BCUT2D eigenvalue weighted by atomic mass is 9.73. The van der Waals surface area contributed by atoms with Gasteiger partial charge in [0.15, 0.2) is 0 Å². The van der Waals surface area contributed by atoms with Crippen molar-refractivity contribution in [2.45, 2.75) is 70.6 Å². The molecule has 2 amide bonds. The lowest BCUT2D eigenvalue weighted by molar-refractivity contribution is -0.134. The topological polar surface area (TPSA) is 75.6 Å². The SMILES string of the molecule is O=C(CC1CCCC1)N1CCC2(CCCCc3ccccc3OCCN(C(=O)c3cnccn3)C2)CC1. The van der Waals surface area contributed by atoms with E-state index in [4.69, 9.17) is 4.74 Å². The molecule has 1 aromatic carbocycles. The third-order valence-corrected chi connectivity index (χ3v) is 8.71. The molecule has 1 spiro atoms. The number of fused-ring (bicyclic) bond motifs is 1. The molecule has 37 heavy (non-hydrogen) atoms. The van der Waals surface area contributed by atoms with Crippen molar-refractivity contribution in [2.24, 2.45) is 11.3 Å². The number of aromatic nitrogens is 2. The Morgan fingerprint density at radius 3 is 2.54 bits per heavy atom. The molecule has 3 heterocycles. The number of rotatable bonds is 3. The van der Waals surface area contributed by atoms with E-state index in [2.05, 4.69) is 27.0 Å². The van der Waals surface area contributed by atoms with Gasteiger partial charge in [0, 0.05) is 38.4 Å². The van der Waals surface area contributed by atoms with E-state index in [0.717, 1.165) is 57.4 Å². The van der Waals surface area contributed by atoms with Crippen LogP contribution >= 0.6 is 0 Å². The molecule has 0 unspecified atom stereocenters. The highest BCUT2D eigenvalue weighted by molar-refractivity contribution is 5.92. The zero-order chi connectivity index (χ0) is 25.5. The minimum atomic E-state index is -0.0961. The standard InChI is InChI=1S/C30H40N4O3/c35-28(21-24-7-1-2-8-24)33-17-13-30(14-18-33)12-6-5-10-25-9-3-4-11-27(25)37-20-19-34(23-30)29(36)26-22-31-15-16-32-26/h3-4,9,11,15-16,22,24H,1-2,5-8,10,12-14,17-21,23H2. The number of benzene rings is 1. The fourth-order valence-electron chi connectivity index (χ4n) is 6.47. The molecule has 0 N–H and O–H groups in total. The summed E-state index contributed by atoms with van der Waals surface area (Å²) in [7, 11) is 0. The average molecular weight is 505 g/mol. The quantitative estimate of drug-likeness (QED) is 0.594. The van der Waals surface area contributed by atoms with Crippen molar-refractivity contribution in [3.05, 3.63) is 54.1 Å². The highest BCUT2D eigenvalue weighted by Crippen LogP contribution is 2.39. The van der Waals surface area contributed by atoms with Gasteiger partial charge in [0.2, 0.25) is 5.91 Å². The van der Waals surface area contributed by atoms with Crippen LogP contribution in [0.2, 0.25) is 0 Å². The molecule has 1 saturated heterocycles. The van der Waals surface area contributed by atoms with Crippen LogP contribution < -0.4 is 4.74 Å². The van der Waals surface area contributed by atoms with Gasteiger partial charge in [-0.1, -0.05) is 37.5 Å². The number of amides is 2.